The molecule has 0 unspecified atom stereocenters. The number of aromatic nitrogens is 4. The number of likely N-dealkylation sites (tertiary alicyclic amines) is 1. The van der Waals surface area contributed by atoms with Gasteiger partial charge in [0.05, 0.1) is 13.1 Å². The van der Waals surface area contributed by atoms with E-state index in [1.807, 2.05) is 0 Å². The molecule has 0 aliphatic carbocycles. The highest BCUT2D eigenvalue weighted by molar-refractivity contribution is 6.31. The van der Waals surface area contributed by atoms with Crippen LogP contribution in [-0.4, -0.2) is 36.7 Å². The Kier molecular flexibility index (Phi) is 5.79. The maximum Gasteiger partial charge on any atom is 0.332 e. The van der Waals surface area contributed by atoms with Crippen LogP contribution in [0.1, 0.15) is 31.7 Å². The van der Waals surface area contributed by atoms with Crippen LogP contribution in [-0.2, 0) is 27.2 Å². The van der Waals surface area contributed by atoms with Crippen molar-refractivity contribution in [2.45, 2.75) is 33.4 Å². The second-order valence-electron chi connectivity index (χ2n) is 8.83. The normalized spacial score (nSPS) is 19.9. The van der Waals surface area contributed by atoms with E-state index in [4.69, 9.17) is 11.6 Å². The molecular formula is C22H27ClFN5O2. The van der Waals surface area contributed by atoms with E-state index in [0.717, 1.165) is 17.7 Å². The van der Waals surface area contributed by atoms with Crippen molar-refractivity contribution < 1.29 is 4.39 Å². The summed E-state index contributed by atoms with van der Waals surface area (Å²) in [6, 6.07) is 4.52. The lowest BCUT2D eigenvalue weighted by molar-refractivity contribution is 0.130. The van der Waals surface area contributed by atoms with Gasteiger partial charge >= 0.3 is 5.69 Å². The van der Waals surface area contributed by atoms with Crippen molar-refractivity contribution in [2.75, 3.05) is 13.1 Å². The summed E-state index contributed by atoms with van der Waals surface area (Å²) < 4.78 is 18.7. The van der Waals surface area contributed by atoms with Gasteiger partial charge in [-0.15, -0.1) is 0 Å². The molecule has 1 saturated heterocycles. The van der Waals surface area contributed by atoms with Gasteiger partial charge in [0, 0.05) is 37.8 Å². The average molecular weight is 448 g/mol. The molecule has 31 heavy (non-hydrogen) atoms. The van der Waals surface area contributed by atoms with Crippen LogP contribution in [0.4, 0.5) is 4.39 Å². The van der Waals surface area contributed by atoms with Gasteiger partial charge in [0.15, 0.2) is 11.2 Å². The number of nitrogens with zero attached hydrogens (tertiary/aromatic N) is 5. The maximum atomic E-state index is 14.6. The van der Waals surface area contributed by atoms with Gasteiger partial charge in [-0.25, -0.2) is 14.2 Å². The molecule has 2 atom stereocenters. The number of hydrogen-bond acceptors (Lipinski definition) is 4. The Balaban J connectivity index is 1.89. The summed E-state index contributed by atoms with van der Waals surface area (Å²) in [5.74, 6) is 1.29. The number of rotatable bonds is 4. The molecule has 3 aromatic rings. The Labute approximate surface area is 184 Å². The summed E-state index contributed by atoms with van der Waals surface area (Å²) in [4.78, 5) is 32.5. The number of fused-ring (bicyclic) bond motifs is 1. The monoisotopic (exact) mass is 447 g/mol. The number of imidazole rings is 1. The molecule has 1 fully saturated rings. The second kappa shape index (κ2) is 8.24. The van der Waals surface area contributed by atoms with Crippen LogP contribution in [0.25, 0.3) is 11.2 Å². The smallest absolute Gasteiger partial charge is 0.316 e. The van der Waals surface area contributed by atoms with Gasteiger partial charge < -0.3 is 4.57 Å². The average Bonchev–Trinajstić information content (AvgIpc) is 3.05. The van der Waals surface area contributed by atoms with E-state index in [1.165, 1.54) is 24.1 Å². The quantitative estimate of drug-likeness (QED) is 0.617. The molecule has 9 heteroatoms. The first-order valence-corrected chi connectivity index (χ1v) is 10.9. The number of aryl methyl sites for hydroxylation is 1. The van der Waals surface area contributed by atoms with Gasteiger partial charge in [0.2, 0.25) is 0 Å². The lowest BCUT2D eigenvalue weighted by Crippen LogP contribution is -2.39. The summed E-state index contributed by atoms with van der Waals surface area (Å²) in [5.41, 5.74) is -0.0331. The SMILES string of the molecule is C[C@H]1C[C@H](C)CN(Cc2nc3c(c(=O)n(C)c(=O)n3C)n2Cc2c(F)cccc2Cl)C1. The molecule has 1 aromatic carbocycles. The zero-order valence-electron chi connectivity index (χ0n) is 18.2. The van der Waals surface area contributed by atoms with Crippen LogP contribution in [0, 0.1) is 17.7 Å². The minimum absolute atomic E-state index is 0.0593. The first-order valence-electron chi connectivity index (χ1n) is 10.5. The third-order valence-corrected chi connectivity index (χ3v) is 6.47. The van der Waals surface area contributed by atoms with Crippen LogP contribution in [0.3, 0.4) is 0 Å². The zero-order valence-corrected chi connectivity index (χ0v) is 19.0. The van der Waals surface area contributed by atoms with Crippen LogP contribution in [0.5, 0.6) is 0 Å². The molecule has 1 aliphatic heterocycles. The van der Waals surface area contributed by atoms with Gasteiger partial charge in [-0.05, 0) is 30.4 Å². The highest BCUT2D eigenvalue weighted by Gasteiger charge is 2.26. The molecule has 0 saturated carbocycles. The van der Waals surface area contributed by atoms with Crippen molar-refractivity contribution in [1.82, 2.24) is 23.6 Å². The Morgan fingerprint density at radius 2 is 1.77 bits per heavy atom. The first-order chi connectivity index (χ1) is 14.7. The Bertz CT molecular complexity index is 1230. The molecule has 0 N–H and O–H groups in total. The minimum atomic E-state index is -0.454. The predicted molar refractivity (Wildman–Crippen MR) is 119 cm³/mol. The third-order valence-electron chi connectivity index (χ3n) is 6.11. The van der Waals surface area contributed by atoms with Gasteiger partial charge in [0.1, 0.15) is 11.6 Å². The lowest BCUT2D eigenvalue weighted by Gasteiger charge is -2.34. The molecule has 4 rings (SSSR count). The third kappa shape index (κ3) is 3.94. The number of piperidine rings is 1. The van der Waals surface area contributed by atoms with E-state index in [9.17, 15) is 14.0 Å². The van der Waals surface area contributed by atoms with Crippen molar-refractivity contribution in [3.05, 3.63) is 61.3 Å². The molecule has 0 bridgehead atoms. The highest BCUT2D eigenvalue weighted by Crippen LogP contribution is 2.25. The number of benzene rings is 1. The molecule has 7 nitrogen and oxygen atoms in total. The van der Waals surface area contributed by atoms with E-state index in [-0.39, 0.29) is 17.1 Å². The van der Waals surface area contributed by atoms with Crippen LogP contribution >= 0.6 is 11.6 Å². The van der Waals surface area contributed by atoms with E-state index < -0.39 is 17.1 Å². The van der Waals surface area contributed by atoms with Crippen molar-refractivity contribution in [3.63, 3.8) is 0 Å². The van der Waals surface area contributed by atoms with Gasteiger partial charge in [0.25, 0.3) is 5.56 Å². The Hall–Kier alpha value is -2.45. The summed E-state index contributed by atoms with van der Waals surface area (Å²) in [6.07, 6.45) is 1.17. The standard InChI is InChI=1S/C22H27ClFN5O2/c1-13-8-14(2)10-28(9-13)12-18-25-20-19(21(30)27(4)22(31)26(20)3)29(18)11-15-16(23)6-5-7-17(15)24/h5-7,13-14H,8-12H2,1-4H3/t13-,14-/m0/s1. The summed E-state index contributed by atoms with van der Waals surface area (Å²) in [7, 11) is 3.03. The predicted octanol–water partition coefficient (Wildman–Crippen LogP) is 2.75. The van der Waals surface area contributed by atoms with Gasteiger partial charge in [-0.3, -0.25) is 18.8 Å². The fourth-order valence-electron chi connectivity index (χ4n) is 4.75. The number of hydrogen-bond donors (Lipinski definition) is 0. The van der Waals surface area contributed by atoms with Crippen molar-refractivity contribution in [3.8, 4) is 0 Å². The zero-order chi connectivity index (χ0) is 22.4. The number of halogens is 2. The second-order valence-corrected chi connectivity index (χ2v) is 9.24. The fourth-order valence-corrected chi connectivity index (χ4v) is 4.97. The minimum Gasteiger partial charge on any atom is -0.316 e. The first kappa shape index (κ1) is 21.8. The molecule has 0 radical (unpaired) electrons. The van der Waals surface area contributed by atoms with E-state index in [1.54, 1.807) is 23.7 Å². The molecular weight excluding hydrogens is 421 g/mol. The molecule has 1 aliphatic rings. The van der Waals surface area contributed by atoms with Crippen LogP contribution < -0.4 is 11.2 Å². The summed E-state index contributed by atoms with van der Waals surface area (Å²) >= 11 is 6.28. The molecule has 0 spiro atoms. The van der Waals surface area contributed by atoms with Crippen molar-refractivity contribution in [2.24, 2.45) is 25.9 Å². The summed E-state index contributed by atoms with van der Waals surface area (Å²) in [5, 5.41) is 0.287. The molecule has 0 amide bonds. The maximum absolute atomic E-state index is 14.6. The van der Waals surface area contributed by atoms with Crippen molar-refractivity contribution >= 4 is 22.8 Å². The highest BCUT2D eigenvalue weighted by atomic mass is 35.5. The topological polar surface area (TPSA) is 65.1 Å². The molecule has 3 heterocycles. The Morgan fingerprint density at radius 3 is 2.42 bits per heavy atom. The van der Waals surface area contributed by atoms with E-state index >= 15 is 0 Å². The summed E-state index contributed by atoms with van der Waals surface area (Å²) in [6.45, 7) is 6.86. The van der Waals surface area contributed by atoms with Crippen LogP contribution in [0.15, 0.2) is 27.8 Å². The van der Waals surface area contributed by atoms with Gasteiger partial charge in [-0.1, -0.05) is 31.5 Å². The van der Waals surface area contributed by atoms with Gasteiger partial charge in [-0.2, -0.15) is 0 Å². The van der Waals surface area contributed by atoms with Crippen molar-refractivity contribution in [1.29, 1.82) is 0 Å². The van der Waals surface area contributed by atoms with E-state index in [0.29, 0.717) is 35.4 Å². The molecule has 166 valence electrons. The fraction of sp³-hybridized carbons (Fsp3) is 0.500. The lowest BCUT2D eigenvalue weighted by atomic mass is 9.92. The largest absolute Gasteiger partial charge is 0.332 e. The Morgan fingerprint density at radius 1 is 1.10 bits per heavy atom. The van der Waals surface area contributed by atoms with E-state index in [2.05, 4.69) is 23.7 Å². The van der Waals surface area contributed by atoms with Crippen LogP contribution in [0.2, 0.25) is 5.02 Å². The molecule has 2 aromatic heterocycles.